The zero-order valence-corrected chi connectivity index (χ0v) is 12.7. The molecule has 0 aliphatic heterocycles. The Morgan fingerprint density at radius 2 is 1.79 bits per heavy atom. The average molecular weight is 285 g/mol. The van der Waals surface area contributed by atoms with E-state index < -0.39 is 15.6 Å². The highest BCUT2D eigenvalue weighted by atomic mass is 32.2. The molecule has 0 saturated carbocycles. The van der Waals surface area contributed by atoms with Crippen LogP contribution in [-0.2, 0) is 16.4 Å². The Morgan fingerprint density at radius 1 is 1.21 bits per heavy atom. The maximum absolute atomic E-state index is 12.2. The van der Waals surface area contributed by atoms with Gasteiger partial charge in [0.2, 0.25) is 10.0 Å². The lowest BCUT2D eigenvalue weighted by Gasteiger charge is -2.27. The van der Waals surface area contributed by atoms with Gasteiger partial charge >= 0.3 is 0 Å². The van der Waals surface area contributed by atoms with Crippen LogP contribution in [0.1, 0.15) is 26.3 Å². The van der Waals surface area contributed by atoms with Crippen LogP contribution in [0.15, 0.2) is 30.3 Å². The average Bonchev–Trinajstić information content (AvgIpc) is 2.34. The first-order valence-corrected chi connectivity index (χ1v) is 8.09. The van der Waals surface area contributed by atoms with E-state index >= 15 is 0 Å². The van der Waals surface area contributed by atoms with E-state index in [2.05, 4.69) is 0 Å². The molecule has 0 aliphatic rings. The van der Waals surface area contributed by atoms with Crippen molar-refractivity contribution in [1.29, 1.82) is 0 Å². The molecular formula is C14H23NO3S. The number of aryl methyl sites for hydroxylation is 1. The molecule has 0 unspecified atom stereocenters. The second-order valence-electron chi connectivity index (χ2n) is 5.29. The van der Waals surface area contributed by atoms with Crippen molar-refractivity contribution in [2.24, 2.45) is 0 Å². The second-order valence-corrected chi connectivity index (χ2v) is 7.38. The van der Waals surface area contributed by atoms with E-state index in [4.69, 9.17) is 0 Å². The number of nitrogens with zero attached hydrogens (tertiary/aromatic N) is 1. The normalized spacial score (nSPS) is 12.9. The summed E-state index contributed by atoms with van der Waals surface area (Å²) in [5.41, 5.74) is -0.0130. The highest BCUT2D eigenvalue weighted by molar-refractivity contribution is 7.89. The number of hydrogen-bond donors (Lipinski definition) is 1. The van der Waals surface area contributed by atoms with Crippen LogP contribution in [0.5, 0.6) is 0 Å². The van der Waals surface area contributed by atoms with Crippen molar-refractivity contribution in [3.63, 3.8) is 0 Å². The zero-order chi connectivity index (χ0) is 14.5. The smallest absolute Gasteiger partial charge is 0.214 e. The van der Waals surface area contributed by atoms with E-state index in [1.807, 2.05) is 30.3 Å². The summed E-state index contributed by atoms with van der Waals surface area (Å²) in [4.78, 5) is 0. The van der Waals surface area contributed by atoms with Gasteiger partial charge in [0.05, 0.1) is 11.4 Å². The van der Waals surface area contributed by atoms with Crippen molar-refractivity contribution in [2.75, 3.05) is 18.8 Å². The van der Waals surface area contributed by atoms with E-state index in [9.17, 15) is 13.5 Å². The van der Waals surface area contributed by atoms with E-state index in [0.29, 0.717) is 13.0 Å². The van der Waals surface area contributed by atoms with Crippen LogP contribution in [0.3, 0.4) is 0 Å². The Balaban J connectivity index is 2.68. The lowest BCUT2D eigenvalue weighted by atomic mass is 10.1. The summed E-state index contributed by atoms with van der Waals surface area (Å²) in [6.07, 6.45) is 0.492. The SMILES string of the molecule is CCN(CC(C)(C)O)S(=O)(=O)CCc1ccccc1. The Kier molecular flexibility index (Phi) is 5.52. The number of hydrogen-bond acceptors (Lipinski definition) is 3. The van der Waals surface area contributed by atoms with Crippen LogP contribution in [0.4, 0.5) is 0 Å². The molecule has 0 saturated heterocycles. The summed E-state index contributed by atoms with van der Waals surface area (Å²) in [6.45, 7) is 5.51. The van der Waals surface area contributed by atoms with Gasteiger partial charge in [0, 0.05) is 13.1 Å². The summed E-state index contributed by atoms with van der Waals surface area (Å²) >= 11 is 0. The van der Waals surface area contributed by atoms with Crippen LogP contribution >= 0.6 is 0 Å². The van der Waals surface area contributed by atoms with Gasteiger partial charge in [0.1, 0.15) is 0 Å². The molecule has 19 heavy (non-hydrogen) atoms. The Bertz CT molecular complexity index is 477. The maximum atomic E-state index is 12.2. The largest absolute Gasteiger partial charge is 0.389 e. The number of aliphatic hydroxyl groups is 1. The third-order valence-corrected chi connectivity index (χ3v) is 4.70. The van der Waals surface area contributed by atoms with Gasteiger partial charge in [-0.15, -0.1) is 0 Å². The molecule has 0 aliphatic carbocycles. The lowest BCUT2D eigenvalue weighted by molar-refractivity contribution is 0.0601. The molecule has 0 atom stereocenters. The van der Waals surface area contributed by atoms with Crippen LogP contribution in [0.25, 0.3) is 0 Å². The van der Waals surface area contributed by atoms with Gasteiger partial charge in [0.15, 0.2) is 0 Å². The van der Waals surface area contributed by atoms with Gasteiger partial charge in [-0.25, -0.2) is 8.42 Å². The molecule has 0 bridgehead atoms. The number of benzene rings is 1. The zero-order valence-electron chi connectivity index (χ0n) is 11.8. The number of sulfonamides is 1. The third-order valence-electron chi connectivity index (χ3n) is 2.80. The molecule has 0 radical (unpaired) electrons. The van der Waals surface area contributed by atoms with Crippen molar-refractivity contribution < 1.29 is 13.5 Å². The molecule has 1 rings (SSSR count). The topological polar surface area (TPSA) is 57.6 Å². The molecule has 5 heteroatoms. The predicted molar refractivity (Wildman–Crippen MR) is 77.5 cm³/mol. The fourth-order valence-corrected chi connectivity index (χ4v) is 3.52. The Labute approximate surface area is 116 Å². The highest BCUT2D eigenvalue weighted by Crippen LogP contribution is 2.11. The summed E-state index contributed by atoms with van der Waals surface area (Å²) < 4.78 is 25.8. The first-order chi connectivity index (χ1) is 8.74. The fraction of sp³-hybridized carbons (Fsp3) is 0.571. The van der Waals surface area contributed by atoms with Gasteiger partial charge in [-0.05, 0) is 25.8 Å². The van der Waals surface area contributed by atoms with Crippen LogP contribution in [0.2, 0.25) is 0 Å². The van der Waals surface area contributed by atoms with E-state index in [0.717, 1.165) is 5.56 Å². The van der Waals surface area contributed by atoms with Crippen molar-refractivity contribution >= 4 is 10.0 Å². The van der Waals surface area contributed by atoms with Crippen molar-refractivity contribution in [1.82, 2.24) is 4.31 Å². The molecule has 0 aromatic heterocycles. The first-order valence-electron chi connectivity index (χ1n) is 6.49. The summed E-state index contributed by atoms with van der Waals surface area (Å²) in [6, 6.07) is 9.54. The van der Waals surface area contributed by atoms with E-state index in [-0.39, 0.29) is 12.3 Å². The van der Waals surface area contributed by atoms with Crippen molar-refractivity contribution in [3.8, 4) is 0 Å². The number of likely N-dealkylation sites (N-methyl/N-ethyl adjacent to an activating group) is 1. The van der Waals surface area contributed by atoms with Gasteiger partial charge in [0.25, 0.3) is 0 Å². The number of rotatable bonds is 7. The quantitative estimate of drug-likeness (QED) is 0.829. The minimum atomic E-state index is -3.33. The van der Waals surface area contributed by atoms with Crippen molar-refractivity contribution in [3.05, 3.63) is 35.9 Å². The molecule has 4 nitrogen and oxygen atoms in total. The minimum Gasteiger partial charge on any atom is -0.389 e. The summed E-state index contributed by atoms with van der Waals surface area (Å²) in [5.74, 6) is 0.0704. The molecule has 108 valence electrons. The van der Waals surface area contributed by atoms with E-state index in [1.165, 1.54) is 4.31 Å². The van der Waals surface area contributed by atoms with Crippen LogP contribution in [0, 0.1) is 0 Å². The molecule has 0 heterocycles. The molecule has 1 aromatic rings. The highest BCUT2D eigenvalue weighted by Gasteiger charge is 2.26. The molecule has 0 spiro atoms. The fourth-order valence-electron chi connectivity index (χ4n) is 1.86. The minimum absolute atomic E-state index is 0.0704. The van der Waals surface area contributed by atoms with E-state index in [1.54, 1.807) is 20.8 Å². The van der Waals surface area contributed by atoms with Gasteiger partial charge in [-0.3, -0.25) is 0 Å². The Hall–Kier alpha value is -0.910. The standard InChI is InChI=1S/C14H23NO3S/c1-4-15(12-14(2,3)16)19(17,18)11-10-13-8-6-5-7-9-13/h5-9,16H,4,10-12H2,1-3H3. The van der Waals surface area contributed by atoms with Gasteiger partial charge in [-0.2, -0.15) is 4.31 Å². The first kappa shape index (κ1) is 16.1. The van der Waals surface area contributed by atoms with Crippen molar-refractivity contribution in [2.45, 2.75) is 32.8 Å². The van der Waals surface area contributed by atoms with Crippen LogP contribution in [-0.4, -0.2) is 42.3 Å². The molecule has 1 aromatic carbocycles. The monoisotopic (exact) mass is 285 g/mol. The molecule has 0 fully saturated rings. The Morgan fingerprint density at radius 3 is 2.26 bits per heavy atom. The van der Waals surface area contributed by atoms with Gasteiger partial charge < -0.3 is 5.11 Å². The summed E-state index contributed by atoms with van der Waals surface area (Å²) in [5, 5.41) is 9.76. The summed E-state index contributed by atoms with van der Waals surface area (Å²) in [7, 11) is -3.33. The van der Waals surface area contributed by atoms with Gasteiger partial charge in [-0.1, -0.05) is 37.3 Å². The second kappa shape index (κ2) is 6.50. The lowest BCUT2D eigenvalue weighted by Crippen LogP contribution is -2.43. The maximum Gasteiger partial charge on any atom is 0.214 e. The molecule has 0 amide bonds. The third kappa shape index (κ3) is 5.72. The molecular weight excluding hydrogens is 262 g/mol. The van der Waals surface area contributed by atoms with Crippen LogP contribution < -0.4 is 0 Å². The predicted octanol–water partition coefficient (Wildman–Crippen LogP) is 1.65. The molecule has 1 N–H and O–H groups in total.